The highest BCUT2D eigenvalue weighted by Crippen LogP contribution is 2.46. The molecule has 1 N–H and O–H groups in total. The fraction of sp³-hybridized carbons (Fsp3) is 0.320. The summed E-state index contributed by atoms with van der Waals surface area (Å²) < 4.78 is 16.6. The molecule has 1 aliphatic heterocycles. The van der Waals surface area contributed by atoms with E-state index in [2.05, 4.69) is 19.2 Å². The van der Waals surface area contributed by atoms with Gasteiger partial charge in [0.05, 0.1) is 0 Å². The summed E-state index contributed by atoms with van der Waals surface area (Å²) in [5.74, 6) is 0.720. The van der Waals surface area contributed by atoms with Gasteiger partial charge in [-0.15, -0.1) is 5.10 Å². The van der Waals surface area contributed by atoms with Crippen LogP contribution in [-0.4, -0.2) is 34.6 Å². The molecule has 2 aromatic carbocycles. The number of hydrogen-bond acceptors (Lipinski definition) is 5. The van der Waals surface area contributed by atoms with E-state index in [1.807, 2.05) is 43.3 Å². The Morgan fingerprint density at radius 3 is 2.50 bits per heavy atom. The lowest BCUT2D eigenvalue weighted by molar-refractivity contribution is -0.118. The van der Waals surface area contributed by atoms with Gasteiger partial charge < -0.3 is 10.2 Å². The molecule has 3 aromatic rings. The van der Waals surface area contributed by atoms with E-state index in [4.69, 9.17) is 10.1 Å². The van der Waals surface area contributed by atoms with E-state index >= 15 is 0 Å². The highest BCUT2D eigenvalue weighted by Gasteiger charge is 2.42. The molecule has 0 bridgehead atoms. The summed E-state index contributed by atoms with van der Waals surface area (Å²) in [5, 5.41) is 8.07. The number of aromatic nitrogens is 3. The van der Waals surface area contributed by atoms with E-state index in [0.29, 0.717) is 35.8 Å². The van der Waals surface area contributed by atoms with Crippen molar-refractivity contribution in [3.8, 4) is 11.4 Å². The molecule has 1 aliphatic carbocycles. The topological polar surface area (TPSA) is 63.1 Å². The monoisotopic (exact) mass is 431 g/mol. The van der Waals surface area contributed by atoms with Gasteiger partial charge in [-0.2, -0.15) is 4.98 Å². The Morgan fingerprint density at radius 1 is 1.09 bits per heavy atom. The van der Waals surface area contributed by atoms with Crippen LogP contribution in [0.25, 0.3) is 11.4 Å². The number of nitrogens with zero attached hydrogens (tertiary/aromatic N) is 4. The number of benzene rings is 2. The predicted octanol–water partition coefficient (Wildman–Crippen LogP) is 4.81. The largest absolute Gasteiger partial charge is 0.378 e. The van der Waals surface area contributed by atoms with Gasteiger partial charge in [0.25, 0.3) is 0 Å². The summed E-state index contributed by atoms with van der Waals surface area (Å²) in [4.78, 5) is 20.0. The number of Topliss-reactive ketones (excluding diaryl/α,β-unsaturated/α-hetero) is 1. The molecule has 0 spiro atoms. The Bertz CT molecular complexity index is 1240. The van der Waals surface area contributed by atoms with Crippen molar-refractivity contribution in [3.63, 3.8) is 0 Å². The first kappa shape index (κ1) is 20.4. The molecule has 1 atom stereocenters. The smallest absolute Gasteiger partial charge is 0.226 e. The maximum absolute atomic E-state index is 14.9. The SMILES string of the molecule is CN(C)c1ccc(-c2nc3n(n2)C(c2ccccc2F)C2=C(CC(C)(C)CC2=O)N3)cc1. The number of carbonyl (C=O) groups excluding carboxylic acids is 1. The van der Waals surface area contributed by atoms with Crippen molar-refractivity contribution < 1.29 is 9.18 Å². The molecule has 7 heteroatoms. The van der Waals surface area contributed by atoms with Crippen LogP contribution in [0, 0.1) is 11.2 Å². The number of anilines is 2. The Hall–Kier alpha value is -3.48. The molecule has 0 saturated heterocycles. The number of fused-ring (bicyclic) bond motifs is 1. The number of allylic oxidation sites excluding steroid dienone is 2. The van der Waals surface area contributed by atoms with Gasteiger partial charge in [-0.25, -0.2) is 9.07 Å². The minimum Gasteiger partial charge on any atom is -0.378 e. The van der Waals surface area contributed by atoms with Crippen LogP contribution in [0.2, 0.25) is 0 Å². The van der Waals surface area contributed by atoms with Crippen LogP contribution in [0.5, 0.6) is 0 Å². The molecular weight excluding hydrogens is 405 g/mol. The zero-order valence-corrected chi connectivity index (χ0v) is 18.7. The minimum atomic E-state index is -0.645. The summed E-state index contributed by atoms with van der Waals surface area (Å²) in [7, 11) is 3.97. The quantitative estimate of drug-likeness (QED) is 0.645. The van der Waals surface area contributed by atoms with E-state index in [1.54, 1.807) is 22.9 Å². The van der Waals surface area contributed by atoms with Gasteiger partial charge >= 0.3 is 0 Å². The van der Waals surface area contributed by atoms with Crippen LogP contribution in [0.1, 0.15) is 38.3 Å². The number of ketones is 1. The Kier molecular flexibility index (Phi) is 4.65. The van der Waals surface area contributed by atoms with E-state index in [-0.39, 0.29) is 17.0 Å². The maximum Gasteiger partial charge on any atom is 0.226 e. The lowest BCUT2D eigenvalue weighted by Crippen LogP contribution is -2.36. The molecule has 1 aromatic heterocycles. The number of carbonyl (C=O) groups is 1. The highest BCUT2D eigenvalue weighted by atomic mass is 19.1. The van der Waals surface area contributed by atoms with Crippen LogP contribution in [0.4, 0.5) is 16.0 Å². The number of nitrogens with one attached hydrogen (secondary N) is 1. The summed E-state index contributed by atoms with van der Waals surface area (Å²) >= 11 is 0. The maximum atomic E-state index is 14.9. The zero-order valence-electron chi connectivity index (χ0n) is 18.7. The number of halogens is 1. The molecule has 0 fully saturated rings. The summed E-state index contributed by atoms with van der Waals surface area (Å²) in [6, 6.07) is 13.9. The van der Waals surface area contributed by atoms with E-state index in [9.17, 15) is 9.18 Å². The van der Waals surface area contributed by atoms with Gasteiger partial charge in [-0.3, -0.25) is 4.79 Å². The average Bonchev–Trinajstić information content (AvgIpc) is 3.15. The predicted molar refractivity (Wildman–Crippen MR) is 123 cm³/mol. The fourth-order valence-electron chi connectivity index (χ4n) is 4.62. The van der Waals surface area contributed by atoms with Crippen molar-refractivity contribution in [1.82, 2.24) is 14.8 Å². The van der Waals surface area contributed by atoms with E-state index < -0.39 is 6.04 Å². The molecule has 32 heavy (non-hydrogen) atoms. The van der Waals surface area contributed by atoms with Gasteiger partial charge in [0.1, 0.15) is 11.9 Å². The fourth-order valence-corrected chi connectivity index (χ4v) is 4.62. The summed E-state index contributed by atoms with van der Waals surface area (Å²) in [6.45, 7) is 4.15. The Labute approximate surface area is 186 Å². The normalized spacial score (nSPS) is 19.3. The first-order chi connectivity index (χ1) is 15.2. The second-order valence-corrected chi connectivity index (χ2v) is 9.53. The van der Waals surface area contributed by atoms with Crippen LogP contribution < -0.4 is 10.2 Å². The Morgan fingerprint density at radius 2 is 1.81 bits per heavy atom. The highest BCUT2D eigenvalue weighted by molar-refractivity contribution is 6.00. The van der Waals surface area contributed by atoms with Crippen molar-refractivity contribution >= 4 is 17.4 Å². The van der Waals surface area contributed by atoms with Crippen molar-refractivity contribution in [3.05, 3.63) is 71.2 Å². The van der Waals surface area contributed by atoms with Crippen LogP contribution in [-0.2, 0) is 4.79 Å². The first-order valence-electron chi connectivity index (χ1n) is 10.8. The molecular formula is C25H26FN5O. The third-order valence-corrected chi connectivity index (χ3v) is 6.17. The van der Waals surface area contributed by atoms with Crippen LogP contribution in [0.15, 0.2) is 59.8 Å². The van der Waals surface area contributed by atoms with Crippen LogP contribution in [0.3, 0.4) is 0 Å². The molecule has 0 radical (unpaired) electrons. The summed E-state index contributed by atoms with van der Waals surface area (Å²) in [5.41, 5.74) is 3.59. The lowest BCUT2D eigenvalue weighted by atomic mass is 9.73. The second kappa shape index (κ2) is 7.29. The van der Waals surface area contributed by atoms with Gasteiger partial charge in [0.15, 0.2) is 11.6 Å². The molecule has 6 nitrogen and oxygen atoms in total. The molecule has 1 unspecified atom stereocenters. The van der Waals surface area contributed by atoms with Crippen molar-refractivity contribution in [1.29, 1.82) is 0 Å². The molecule has 2 heterocycles. The lowest BCUT2D eigenvalue weighted by Gasteiger charge is -2.38. The Balaban J connectivity index is 1.65. The molecule has 0 saturated carbocycles. The first-order valence-corrected chi connectivity index (χ1v) is 10.8. The van der Waals surface area contributed by atoms with Gasteiger partial charge in [0, 0.05) is 48.6 Å². The number of rotatable bonds is 3. The van der Waals surface area contributed by atoms with Gasteiger partial charge in [-0.1, -0.05) is 32.0 Å². The van der Waals surface area contributed by atoms with Crippen molar-refractivity contribution in [2.24, 2.45) is 5.41 Å². The van der Waals surface area contributed by atoms with E-state index in [1.165, 1.54) is 6.07 Å². The summed E-state index contributed by atoms with van der Waals surface area (Å²) in [6.07, 6.45) is 1.11. The van der Waals surface area contributed by atoms with Crippen LogP contribution >= 0.6 is 0 Å². The third kappa shape index (κ3) is 3.38. The minimum absolute atomic E-state index is 0.0232. The standard InChI is InChI=1S/C25H26FN5O/c1-25(2)13-19-21(20(32)14-25)22(17-7-5-6-8-18(17)26)31-24(27-19)28-23(29-31)15-9-11-16(12-10-15)30(3)4/h5-12,22H,13-14H2,1-4H3,(H,27,28,29). The average molecular weight is 432 g/mol. The number of hydrogen-bond donors (Lipinski definition) is 1. The third-order valence-electron chi connectivity index (χ3n) is 6.17. The molecule has 5 rings (SSSR count). The van der Waals surface area contributed by atoms with Gasteiger partial charge in [0.2, 0.25) is 5.95 Å². The van der Waals surface area contributed by atoms with Gasteiger partial charge in [-0.05, 0) is 42.2 Å². The molecule has 164 valence electrons. The van der Waals surface area contributed by atoms with Crippen molar-refractivity contribution in [2.75, 3.05) is 24.3 Å². The van der Waals surface area contributed by atoms with E-state index in [0.717, 1.165) is 16.9 Å². The zero-order chi connectivity index (χ0) is 22.6. The van der Waals surface area contributed by atoms with Crippen molar-refractivity contribution in [2.45, 2.75) is 32.7 Å². The molecule has 0 amide bonds. The molecule has 2 aliphatic rings. The second-order valence-electron chi connectivity index (χ2n) is 9.53.